The van der Waals surface area contributed by atoms with E-state index in [1.165, 1.54) is 12.8 Å². The molecule has 2 amide bonds. The molecule has 1 aromatic heterocycles. The Labute approximate surface area is 149 Å². The molecule has 0 spiro atoms. The van der Waals surface area contributed by atoms with E-state index in [0.29, 0.717) is 19.0 Å². The Morgan fingerprint density at radius 2 is 1.88 bits per heavy atom. The number of ether oxygens (including phenoxy) is 1. The van der Waals surface area contributed by atoms with Gasteiger partial charge >= 0.3 is 6.03 Å². The molecule has 1 aliphatic carbocycles. The zero-order valence-corrected chi connectivity index (χ0v) is 14.8. The van der Waals surface area contributed by atoms with Crippen LogP contribution in [0.15, 0.2) is 48.8 Å². The van der Waals surface area contributed by atoms with E-state index in [4.69, 9.17) is 4.74 Å². The number of nitrogens with zero attached hydrogens (tertiary/aromatic N) is 2. The molecular formula is C20H25N3O2. The number of carbonyl (C=O) groups is 1. The van der Waals surface area contributed by atoms with E-state index in [2.05, 4.69) is 17.2 Å². The second kappa shape index (κ2) is 8.01. The Bertz CT molecular complexity index is 684. The van der Waals surface area contributed by atoms with Gasteiger partial charge in [-0.05, 0) is 61.1 Å². The number of aromatic nitrogens is 1. The number of carbonyl (C=O) groups excluding carboxylic acids is 1. The summed E-state index contributed by atoms with van der Waals surface area (Å²) in [5.41, 5.74) is 2.15. The van der Waals surface area contributed by atoms with Gasteiger partial charge in [-0.15, -0.1) is 0 Å². The molecule has 0 radical (unpaired) electrons. The molecular weight excluding hydrogens is 314 g/mol. The molecule has 25 heavy (non-hydrogen) atoms. The Balaban J connectivity index is 1.66. The summed E-state index contributed by atoms with van der Waals surface area (Å²) in [4.78, 5) is 18.7. The monoisotopic (exact) mass is 339 g/mol. The second-order valence-electron chi connectivity index (χ2n) is 6.57. The first-order chi connectivity index (χ1) is 12.2. The number of hydrogen-bond acceptors (Lipinski definition) is 3. The summed E-state index contributed by atoms with van der Waals surface area (Å²) in [7, 11) is 1.66. The minimum Gasteiger partial charge on any atom is -0.497 e. The molecule has 132 valence electrons. The fourth-order valence-corrected chi connectivity index (χ4v) is 2.94. The van der Waals surface area contributed by atoms with Gasteiger partial charge in [-0.2, -0.15) is 0 Å². The fourth-order valence-electron chi connectivity index (χ4n) is 2.94. The normalized spacial score (nSPS) is 14.6. The van der Waals surface area contributed by atoms with E-state index in [9.17, 15) is 4.79 Å². The Morgan fingerprint density at radius 1 is 1.20 bits per heavy atom. The fraction of sp³-hybridized carbons (Fsp3) is 0.400. The van der Waals surface area contributed by atoms with Crippen molar-refractivity contribution in [2.45, 2.75) is 38.9 Å². The zero-order valence-electron chi connectivity index (χ0n) is 14.8. The van der Waals surface area contributed by atoms with Gasteiger partial charge in [0.05, 0.1) is 7.11 Å². The van der Waals surface area contributed by atoms with Gasteiger partial charge in [-0.25, -0.2) is 4.79 Å². The Morgan fingerprint density at radius 3 is 2.48 bits per heavy atom. The van der Waals surface area contributed by atoms with Gasteiger partial charge in [0.1, 0.15) is 5.75 Å². The number of hydrogen-bond donors (Lipinski definition) is 1. The van der Waals surface area contributed by atoms with Crippen LogP contribution >= 0.6 is 0 Å². The molecule has 0 unspecified atom stereocenters. The molecule has 5 heteroatoms. The van der Waals surface area contributed by atoms with Crippen molar-refractivity contribution in [2.24, 2.45) is 5.92 Å². The number of methoxy groups -OCH3 is 1. The molecule has 1 N–H and O–H groups in total. The van der Waals surface area contributed by atoms with Gasteiger partial charge in [-0.3, -0.25) is 4.98 Å². The lowest BCUT2D eigenvalue weighted by atomic mass is 10.1. The third-order valence-electron chi connectivity index (χ3n) is 4.76. The maximum atomic E-state index is 12.8. The van der Waals surface area contributed by atoms with Crippen LogP contribution in [0, 0.1) is 5.92 Å². The molecule has 1 fully saturated rings. The summed E-state index contributed by atoms with van der Waals surface area (Å²) in [6.45, 7) is 3.26. The van der Waals surface area contributed by atoms with Crippen molar-refractivity contribution >= 4 is 6.03 Å². The van der Waals surface area contributed by atoms with Crippen LogP contribution in [-0.4, -0.2) is 29.1 Å². The first-order valence-corrected chi connectivity index (χ1v) is 8.73. The van der Waals surface area contributed by atoms with Crippen LogP contribution in [0.2, 0.25) is 0 Å². The van der Waals surface area contributed by atoms with E-state index >= 15 is 0 Å². The van der Waals surface area contributed by atoms with Crippen molar-refractivity contribution < 1.29 is 9.53 Å². The third kappa shape index (κ3) is 4.72. The molecule has 0 bridgehead atoms. The number of amides is 2. The smallest absolute Gasteiger partial charge is 0.318 e. The van der Waals surface area contributed by atoms with E-state index in [1.807, 2.05) is 41.3 Å². The van der Waals surface area contributed by atoms with Gasteiger partial charge in [0.2, 0.25) is 0 Å². The van der Waals surface area contributed by atoms with Gasteiger partial charge in [0.25, 0.3) is 0 Å². The first-order valence-electron chi connectivity index (χ1n) is 8.73. The summed E-state index contributed by atoms with van der Waals surface area (Å²) < 4.78 is 5.21. The highest BCUT2D eigenvalue weighted by Gasteiger charge is 2.34. The van der Waals surface area contributed by atoms with Crippen molar-refractivity contribution in [1.29, 1.82) is 0 Å². The maximum Gasteiger partial charge on any atom is 0.318 e. The summed E-state index contributed by atoms with van der Waals surface area (Å²) in [6.07, 6.45) is 5.89. The van der Waals surface area contributed by atoms with Gasteiger partial charge in [-0.1, -0.05) is 12.1 Å². The van der Waals surface area contributed by atoms with Crippen molar-refractivity contribution in [3.8, 4) is 5.75 Å². The molecule has 1 atom stereocenters. The molecule has 2 aromatic rings. The first kappa shape index (κ1) is 17.3. The highest BCUT2D eigenvalue weighted by molar-refractivity contribution is 5.74. The average Bonchev–Trinajstić information content (AvgIpc) is 3.50. The van der Waals surface area contributed by atoms with Crippen molar-refractivity contribution in [3.05, 3.63) is 59.9 Å². The van der Waals surface area contributed by atoms with Crippen molar-refractivity contribution in [3.63, 3.8) is 0 Å². The lowest BCUT2D eigenvalue weighted by molar-refractivity contribution is 0.167. The van der Waals surface area contributed by atoms with E-state index in [-0.39, 0.29) is 12.1 Å². The minimum atomic E-state index is -0.0213. The summed E-state index contributed by atoms with van der Waals surface area (Å²) in [5, 5.41) is 3.04. The van der Waals surface area contributed by atoms with Crippen LogP contribution < -0.4 is 10.1 Å². The summed E-state index contributed by atoms with van der Waals surface area (Å²) >= 11 is 0. The van der Waals surface area contributed by atoms with E-state index in [1.54, 1.807) is 19.5 Å². The molecule has 1 aliphatic rings. The molecule has 1 saturated carbocycles. The van der Waals surface area contributed by atoms with E-state index < -0.39 is 0 Å². The largest absolute Gasteiger partial charge is 0.497 e. The maximum absolute atomic E-state index is 12.8. The highest BCUT2D eigenvalue weighted by Crippen LogP contribution is 2.35. The van der Waals surface area contributed by atoms with E-state index in [0.717, 1.165) is 16.9 Å². The summed E-state index contributed by atoms with van der Waals surface area (Å²) in [6, 6.07) is 11.9. The number of benzene rings is 1. The summed E-state index contributed by atoms with van der Waals surface area (Å²) in [5.74, 6) is 1.44. The lowest BCUT2D eigenvalue weighted by Gasteiger charge is -2.30. The topological polar surface area (TPSA) is 54.5 Å². The molecule has 5 nitrogen and oxygen atoms in total. The second-order valence-corrected chi connectivity index (χ2v) is 6.57. The van der Waals surface area contributed by atoms with Gasteiger partial charge in [0, 0.05) is 31.5 Å². The quantitative estimate of drug-likeness (QED) is 0.838. The highest BCUT2D eigenvalue weighted by atomic mass is 16.5. The molecule has 1 aromatic carbocycles. The van der Waals surface area contributed by atoms with Crippen molar-refractivity contribution in [2.75, 3.05) is 7.11 Å². The Kier molecular flexibility index (Phi) is 5.53. The van der Waals surface area contributed by atoms with Gasteiger partial charge in [0.15, 0.2) is 0 Å². The van der Waals surface area contributed by atoms with Crippen LogP contribution in [0.1, 0.15) is 30.9 Å². The number of pyridine rings is 1. The zero-order chi connectivity index (χ0) is 17.6. The molecule has 3 rings (SSSR count). The Hall–Kier alpha value is -2.56. The molecule has 1 heterocycles. The van der Waals surface area contributed by atoms with Crippen LogP contribution in [0.5, 0.6) is 5.75 Å². The SMILES string of the molecule is COc1ccc(CN(C(=O)NCc2ccncc2)[C@@H](C)C2CC2)cc1. The standard InChI is InChI=1S/C20H25N3O2/c1-15(18-5-6-18)23(14-17-3-7-19(25-2)8-4-17)20(24)22-13-16-9-11-21-12-10-16/h3-4,7-12,15,18H,5-6,13-14H2,1-2H3,(H,22,24)/t15-/m0/s1. The van der Waals surface area contributed by atoms with Crippen LogP contribution in [-0.2, 0) is 13.1 Å². The molecule has 0 aliphatic heterocycles. The number of urea groups is 1. The molecule has 0 saturated heterocycles. The van der Waals surface area contributed by atoms with Crippen LogP contribution in [0.25, 0.3) is 0 Å². The number of nitrogens with one attached hydrogen (secondary N) is 1. The third-order valence-corrected chi connectivity index (χ3v) is 4.76. The predicted octanol–water partition coefficient (Wildman–Crippen LogP) is 3.60. The lowest BCUT2D eigenvalue weighted by Crippen LogP contribution is -2.45. The predicted molar refractivity (Wildman–Crippen MR) is 97.2 cm³/mol. The van der Waals surface area contributed by atoms with Crippen LogP contribution in [0.3, 0.4) is 0 Å². The average molecular weight is 339 g/mol. The minimum absolute atomic E-state index is 0.0213. The number of rotatable bonds is 7. The van der Waals surface area contributed by atoms with Crippen LogP contribution in [0.4, 0.5) is 4.79 Å². The van der Waals surface area contributed by atoms with Gasteiger partial charge < -0.3 is 15.0 Å². The van der Waals surface area contributed by atoms with Crippen molar-refractivity contribution in [1.82, 2.24) is 15.2 Å².